The largest absolute Gasteiger partial charge is 0.398 e. The highest BCUT2D eigenvalue weighted by Crippen LogP contribution is 2.26. The number of halogens is 1. The van der Waals surface area contributed by atoms with E-state index in [1.54, 1.807) is 19.1 Å². The van der Waals surface area contributed by atoms with Crippen molar-refractivity contribution in [1.29, 1.82) is 0 Å². The number of aromatic nitrogens is 2. The number of nitrogens with one attached hydrogen (secondary N) is 1. The van der Waals surface area contributed by atoms with E-state index in [4.69, 9.17) is 17.3 Å². The van der Waals surface area contributed by atoms with Gasteiger partial charge in [0.25, 0.3) is 10.0 Å². The van der Waals surface area contributed by atoms with Crippen LogP contribution in [0.25, 0.3) is 0 Å². The predicted octanol–water partition coefficient (Wildman–Crippen LogP) is 2.13. The summed E-state index contributed by atoms with van der Waals surface area (Å²) in [5.41, 5.74) is 7.39. The minimum atomic E-state index is -3.84. The van der Waals surface area contributed by atoms with E-state index in [1.807, 2.05) is 6.92 Å². The van der Waals surface area contributed by atoms with Gasteiger partial charge in [-0.2, -0.15) is 4.98 Å². The zero-order valence-electron chi connectivity index (χ0n) is 10.9. The van der Waals surface area contributed by atoms with E-state index in [9.17, 15) is 8.42 Å². The van der Waals surface area contributed by atoms with E-state index in [0.29, 0.717) is 5.56 Å². The normalized spacial score (nSPS) is 11.3. The number of hydrogen-bond donors (Lipinski definition) is 2. The summed E-state index contributed by atoms with van der Waals surface area (Å²) in [6, 6.07) is 4.74. The number of nitrogens with two attached hydrogens (primary N) is 1. The van der Waals surface area contributed by atoms with Gasteiger partial charge in [-0.1, -0.05) is 6.07 Å². The van der Waals surface area contributed by atoms with Gasteiger partial charge in [0, 0.05) is 6.20 Å². The molecule has 3 N–H and O–H groups in total. The number of sulfonamides is 1. The first kappa shape index (κ1) is 14.5. The van der Waals surface area contributed by atoms with Crippen LogP contribution in [0.1, 0.15) is 11.1 Å². The van der Waals surface area contributed by atoms with Crippen LogP contribution in [0.2, 0.25) is 5.28 Å². The van der Waals surface area contributed by atoms with E-state index in [1.165, 1.54) is 12.3 Å². The monoisotopic (exact) mass is 312 g/mol. The Kier molecular flexibility index (Phi) is 3.82. The van der Waals surface area contributed by atoms with Gasteiger partial charge in [0.1, 0.15) is 10.7 Å². The van der Waals surface area contributed by atoms with Crippen molar-refractivity contribution in [2.75, 3.05) is 10.5 Å². The minimum absolute atomic E-state index is 0.0425. The van der Waals surface area contributed by atoms with Gasteiger partial charge >= 0.3 is 0 Å². The first-order chi connectivity index (χ1) is 9.31. The number of nitrogens with zero attached hydrogens (tertiary/aromatic N) is 2. The third-order valence-corrected chi connectivity index (χ3v) is 4.58. The fraction of sp³-hybridized carbons (Fsp3) is 0.167. The standard InChI is InChI=1S/C12H13ClN4O2S/c1-7-3-4-9(14)11(8(7)2)20(18,19)17-10-5-6-15-12(13)16-10/h3-6H,14H2,1-2H3,(H,15,16,17). The number of benzene rings is 1. The molecule has 0 bridgehead atoms. The number of anilines is 2. The summed E-state index contributed by atoms with van der Waals surface area (Å²) in [5.74, 6) is 0.0882. The summed E-state index contributed by atoms with van der Waals surface area (Å²) in [5, 5.41) is -0.0425. The summed E-state index contributed by atoms with van der Waals surface area (Å²) in [6.45, 7) is 3.52. The van der Waals surface area contributed by atoms with Gasteiger partial charge in [0.2, 0.25) is 5.28 Å². The lowest BCUT2D eigenvalue weighted by molar-refractivity contribution is 0.600. The first-order valence-corrected chi connectivity index (χ1v) is 7.54. The fourth-order valence-corrected chi connectivity index (χ4v) is 3.33. The molecule has 0 fully saturated rings. The molecule has 0 unspecified atom stereocenters. The topological polar surface area (TPSA) is 98.0 Å². The first-order valence-electron chi connectivity index (χ1n) is 5.68. The van der Waals surface area contributed by atoms with Crippen LogP contribution in [0.3, 0.4) is 0 Å². The zero-order chi connectivity index (χ0) is 14.9. The zero-order valence-corrected chi connectivity index (χ0v) is 12.5. The molecule has 1 heterocycles. The maximum absolute atomic E-state index is 12.4. The van der Waals surface area contributed by atoms with Gasteiger partial charge in [-0.15, -0.1) is 0 Å². The lowest BCUT2D eigenvalue weighted by Crippen LogP contribution is -2.17. The second kappa shape index (κ2) is 5.26. The Bertz CT molecular complexity index is 762. The summed E-state index contributed by atoms with van der Waals surface area (Å²) < 4.78 is 27.2. The van der Waals surface area contributed by atoms with Crippen molar-refractivity contribution in [2.45, 2.75) is 18.7 Å². The highest BCUT2D eigenvalue weighted by atomic mass is 35.5. The van der Waals surface area contributed by atoms with Gasteiger partial charge in [-0.3, -0.25) is 4.72 Å². The van der Waals surface area contributed by atoms with Crippen molar-refractivity contribution in [3.8, 4) is 0 Å². The molecule has 20 heavy (non-hydrogen) atoms. The molecule has 1 aromatic carbocycles. The van der Waals surface area contributed by atoms with Crippen molar-refractivity contribution in [2.24, 2.45) is 0 Å². The minimum Gasteiger partial charge on any atom is -0.398 e. The van der Waals surface area contributed by atoms with Crippen LogP contribution in [0.5, 0.6) is 0 Å². The lowest BCUT2D eigenvalue weighted by atomic mass is 10.1. The van der Waals surface area contributed by atoms with Crippen molar-refractivity contribution < 1.29 is 8.42 Å². The molecule has 0 aliphatic carbocycles. The molecule has 0 spiro atoms. The Morgan fingerprint density at radius 2 is 1.95 bits per heavy atom. The number of aryl methyl sites for hydroxylation is 1. The number of hydrogen-bond acceptors (Lipinski definition) is 5. The smallest absolute Gasteiger partial charge is 0.265 e. The molecule has 1 aromatic heterocycles. The Balaban J connectivity index is 2.49. The van der Waals surface area contributed by atoms with Gasteiger partial charge in [-0.25, -0.2) is 13.4 Å². The Labute approximate surface area is 122 Å². The second-order valence-corrected chi connectivity index (χ2v) is 6.20. The van der Waals surface area contributed by atoms with Gasteiger partial charge in [0.15, 0.2) is 0 Å². The van der Waals surface area contributed by atoms with Gasteiger partial charge < -0.3 is 5.73 Å². The average molecular weight is 313 g/mol. The summed E-state index contributed by atoms with van der Waals surface area (Å²) >= 11 is 5.63. The van der Waals surface area contributed by atoms with E-state index >= 15 is 0 Å². The van der Waals surface area contributed by atoms with E-state index in [0.717, 1.165) is 5.56 Å². The van der Waals surface area contributed by atoms with Crippen molar-refractivity contribution in [1.82, 2.24) is 9.97 Å². The maximum Gasteiger partial charge on any atom is 0.265 e. The molecule has 0 atom stereocenters. The van der Waals surface area contributed by atoms with E-state index in [2.05, 4.69) is 14.7 Å². The molecule has 2 aromatic rings. The predicted molar refractivity (Wildman–Crippen MR) is 78.2 cm³/mol. The maximum atomic E-state index is 12.4. The summed E-state index contributed by atoms with van der Waals surface area (Å²) in [7, 11) is -3.84. The van der Waals surface area contributed by atoms with Crippen LogP contribution in [0, 0.1) is 13.8 Å². The van der Waals surface area contributed by atoms with Crippen molar-refractivity contribution in [3.63, 3.8) is 0 Å². The molecule has 0 aliphatic heterocycles. The molecule has 0 radical (unpaired) electrons. The number of nitrogen functional groups attached to an aromatic ring is 1. The molecule has 0 saturated heterocycles. The SMILES string of the molecule is Cc1ccc(N)c(S(=O)(=O)Nc2ccnc(Cl)n2)c1C. The van der Waals surface area contributed by atoms with E-state index < -0.39 is 10.0 Å². The Morgan fingerprint density at radius 1 is 1.25 bits per heavy atom. The van der Waals surface area contributed by atoms with Crippen LogP contribution in [0.15, 0.2) is 29.3 Å². The third kappa shape index (κ3) is 2.83. The molecule has 0 aliphatic rings. The summed E-state index contributed by atoms with van der Waals surface area (Å²) in [6.07, 6.45) is 1.36. The van der Waals surface area contributed by atoms with Crippen LogP contribution >= 0.6 is 11.6 Å². The molecular formula is C12H13ClN4O2S. The molecule has 106 valence electrons. The molecule has 2 rings (SSSR count). The summed E-state index contributed by atoms with van der Waals surface area (Å²) in [4.78, 5) is 7.52. The quantitative estimate of drug-likeness (QED) is 0.668. The van der Waals surface area contributed by atoms with Crippen LogP contribution in [-0.2, 0) is 10.0 Å². The van der Waals surface area contributed by atoms with Gasteiger partial charge in [-0.05, 0) is 48.7 Å². The highest BCUT2D eigenvalue weighted by Gasteiger charge is 2.21. The third-order valence-electron chi connectivity index (χ3n) is 2.84. The van der Waals surface area contributed by atoms with Crippen molar-refractivity contribution >= 4 is 33.1 Å². The van der Waals surface area contributed by atoms with Crippen LogP contribution in [-0.4, -0.2) is 18.4 Å². The Hall–Kier alpha value is -1.86. The average Bonchev–Trinajstić information content (AvgIpc) is 2.33. The van der Waals surface area contributed by atoms with Gasteiger partial charge in [0.05, 0.1) is 5.69 Å². The number of rotatable bonds is 3. The van der Waals surface area contributed by atoms with Crippen LogP contribution < -0.4 is 10.5 Å². The molecule has 6 nitrogen and oxygen atoms in total. The van der Waals surface area contributed by atoms with Crippen molar-refractivity contribution in [3.05, 3.63) is 40.8 Å². The second-order valence-electron chi connectivity index (χ2n) is 4.24. The Morgan fingerprint density at radius 3 is 2.60 bits per heavy atom. The molecule has 0 amide bonds. The highest BCUT2D eigenvalue weighted by molar-refractivity contribution is 7.93. The lowest BCUT2D eigenvalue weighted by Gasteiger charge is -2.13. The molecular weight excluding hydrogens is 300 g/mol. The van der Waals surface area contributed by atoms with E-state index in [-0.39, 0.29) is 21.7 Å². The molecule has 0 saturated carbocycles. The molecule has 8 heteroatoms. The van der Waals surface area contributed by atoms with Crippen LogP contribution in [0.4, 0.5) is 11.5 Å². The fourth-order valence-electron chi connectivity index (χ4n) is 1.75.